The fraction of sp³-hybridized carbons (Fsp3) is 0.438. The maximum Gasteiger partial charge on any atom is 0.227 e. The third-order valence-corrected chi connectivity index (χ3v) is 4.10. The number of H-pyrrole nitrogens is 1. The lowest BCUT2D eigenvalue weighted by atomic mass is 10.0. The Morgan fingerprint density at radius 2 is 2.25 bits per heavy atom. The Kier molecular flexibility index (Phi) is 3.49. The molecule has 3 rings (SSSR count). The highest BCUT2D eigenvalue weighted by atomic mass is 16.3. The molecule has 1 fully saturated rings. The standard InChI is InChI=1S/C16H20N2O2/c1-11-14(13-6-2-3-7-15(13)17-11)9-16(20)18-8-4-5-12(19)10-18/h2-3,6-7,12,17,19H,4-5,8-10H2,1H3/t12-/m0/s1. The largest absolute Gasteiger partial charge is 0.391 e. The predicted molar refractivity (Wildman–Crippen MR) is 78.6 cm³/mol. The van der Waals surface area contributed by atoms with Crippen molar-refractivity contribution in [1.82, 2.24) is 9.88 Å². The van der Waals surface area contributed by atoms with Crippen LogP contribution in [0.5, 0.6) is 0 Å². The third kappa shape index (κ3) is 2.43. The minimum atomic E-state index is -0.364. The first-order valence-electron chi connectivity index (χ1n) is 7.17. The lowest BCUT2D eigenvalue weighted by Gasteiger charge is -2.30. The average Bonchev–Trinajstić information content (AvgIpc) is 2.75. The number of fused-ring (bicyclic) bond motifs is 1. The van der Waals surface area contributed by atoms with E-state index in [-0.39, 0.29) is 12.0 Å². The van der Waals surface area contributed by atoms with Gasteiger partial charge in [0.1, 0.15) is 0 Å². The zero-order valence-electron chi connectivity index (χ0n) is 11.7. The molecule has 106 valence electrons. The van der Waals surface area contributed by atoms with Gasteiger partial charge < -0.3 is 15.0 Å². The number of carbonyl (C=O) groups excluding carboxylic acids is 1. The lowest BCUT2D eigenvalue weighted by molar-refractivity contribution is -0.133. The summed E-state index contributed by atoms with van der Waals surface area (Å²) in [4.78, 5) is 17.5. The van der Waals surface area contributed by atoms with Crippen molar-refractivity contribution >= 4 is 16.8 Å². The predicted octanol–water partition coefficient (Wildman–Crippen LogP) is 2.00. The molecule has 1 amide bonds. The van der Waals surface area contributed by atoms with Crippen molar-refractivity contribution in [2.24, 2.45) is 0 Å². The van der Waals surface area contributed by atoms with E-state index in [0.717, 1.165) is 41.5 Å². The maximum absolute atomic E-state index is 12.4. The number of carbonyl (C=O) groups is 1. The fourth-order valence-electron chi connectivity index (χ4n) is 3.01. The summed E-state index contributed by atoms with van der Waals surface area (Å²) in [5.41, 5.74) is 3.20. The normalized spacial score (nSPS) is 19.5. The number of aliphatic hydroxyl groups is 1. The summed E-state index contributed by atoms with van der Waals surface area (Å²) in [6.07, 6.45) is 1.73. The van der Waals surface area contributed by atoms with Gasteiger partial charge in [0, 0.05) is 29.7 Å². The monoisotopic (exact) mass is 272 g/mol. The van der Waals surface area contributed by atoms with Crippen LogP contribution in [0.2, 0.25) is 0 Å². The molecule has 0 unspecified atom stereocenters. The van der Waals surface area contributed by atoms with Gasteiger partial charge in [-0.1, -0.05) is 18.2 Å². The van der Waals surface area contributed by atoms with Crippen molar-refractivity contribution in [2.45, 2.75) is 32.3 Å². The minimum Gasteiger partial charge on any atom is -0.391 e. The molecule has 1 aliphatic rings. The number of hydrogen-bond acceptors (Lipinski definition) is 2. The second-order valence-corrected chi connectivity index (χ2v) is 5.59. The molecule has 0 aliphatic carbocycles. The van der Waals surface area contributed by atoms with E-state index in [1.165, 1.54) is 0 Å². The Hall–Kier alpha value is -1.81. The minimum absolute atomic E-state index is 0.108. The number of hydrogen-bond donors (Lipinski definition) is 2. The molecule has 4 heteroatoms. The van der Waals surface area contributed by atoms with Crippen molar-refractivity contribution in [3.8, 4) is 0 Å². The number of rotatable bonds is 2. The molecule has 2 aromatic rings. The lowest BCUT2D eigenvalue weighted by Crippen LogP contribution is -2.42. The first-order valence-corrected chi connectivity index (χ1v) is 7.17. The van der Waals surface area contributed by atoms with E-state index >= 15 is 0 Å². The zero-order chi connectivity index (χ0) is 14.1. The Bertz CT molecular complexity index is 632. The molecule has 0 saturated carbocycles. The molecule has 20 heavy (non-hydrogen) atoms. The van der Waals surface area contributed by atoms with Gasteiger partial charge in [-0.2, -0.15) is 0 Å². The number of aryl methyl sites for hydroxylation is 1. The summed E-state index contributed by atoms with van der Waals surface area (Å²) in [5, 5.41) is 10.8. The molecule has 2 N–H and O–H groups in total. The van der Waals surface area contributed by atoms with Crippen molar-refractivity contribution in [2.75, 3.05) is 13.1 Å². The van der Waals surface area contributed by atoms with E-state index in [1.807, 2.05) is 31.2 Å². The zero-order valence-corrected chi connectivity index (χ0v) is 11.7. The molecule has 0 bridgehead atoms. The molecule has 1 aliphatic heterocycles. The SMILES string of the molecule is Cc1[nH]c2ccccc2c1CC(=O)N1CCC[C@H](O)C1. The smallest absolute Gasteiger partial charge is 0.227 e. The van der Waals surface area contributed by atoms with Crippen LogP contribution in [0.3, 0.4) is 0 Å². The van der Waals surface area contributed by atoms with Crippen LogP contribution in [0.1, 0.15) is 24.1 Å². The van der Waals surface area contributed by atoms with Crippen LogP contribution in [0.15, 0.2) is 24.3 Å². The van der Waals surface area contributed by atoms with Crippen molar-refractivity contribution in [3.05, 3.63) is 35.5 Å². The number of nitrogens with zero attached hydrogens (tertiary/aromatic N) is 1. The van der Waals surface area contributed by atoms with Gasteiger partial charge >= 0.3 is 0 Å². The summed E-state index contributed by atoms with van der Waals surface area (Å²) in [5.74, 6) is 0.108. The van der Waals surface area contributed by atoms with Crippen LogP contribution in [-0.4, -0.2) is 40.1 Å². The first kappa shape index (κ1) is 13.2. The second-order valence-electron chi connectivity index (χ2n) is 5.59. The number of para-hydroxylation sites is 1. The van der Waals surface area contributed by atoms with Gasteiger partial charge in [-0.25, -0.2) is 0 Å². The number of piperidine rings is 1. The Morgan fingerprint density at radius 3 is 3.05 bits per heavy atom. The summed E-state index contributed by atoms with van der Waals surface area (Å²) in [6.45, 7) is 3.24. The molecule has 0 radical (unpaired) electrons. The van der Waals surface area contributed by atoms with Crippen molar-refractivity contribution < 1.29 is 9.90 Å². The molecule has 0 spiro atoms. The first-order chi connectivity index (χ1) is 9.65. The van der Waals surface area contributed by atoms with Crippen LogP contribution >= 0.6 is 0 Å². The number of aromatic nitrogens is 1. The highest BCUT2D eigenvalue weighted by Crippen LogP contribution is 2.23. The Labute approximate surface area is 118 Å². The highest BCUT2D eigenvalue weighted by Gasteiger charge is 2.23. The highest BCUT2D eigenvalue weighted by molar-refractivity contribution is 5.90. The maximum atomic E-state index is 12.4. The Morgan fingerprint density at radius 1 is 1.45 bits per heavy atom. The molecule has 2 heterocycles. The molecular formula is C16H20N2O2. The van der Waals surface area contributed by atoms with Crippen LogP contribution in [0, 0.1) is 6.92 Å². The van der Waals surface area contributed by atoms with Gasteiger partial charge in [0.2, 0.25) is 5.91 Å². The van der Waals surface area contributed by atoms with Crippen LogP contribution in [-0.2, 0) is 11.2 Å². The topological polar surface area (TPSA) is 56.3 Å². The third-order valence-electron chi connectivity index (χ3n) is 4.10. The second kappa shape index (κ2) is 5.29. The van der Waals surface area contributed by atoms with Crippen molar-refractivity contribution in [1.29, 1.82) is 0 Å². The molecule has 4 nitrogen and oxygen atoms in total. The number of β-amino-alcohol motifs (C(OH)–C–C–N with tert-alkyl or cyclic N) is 1. The quantitative estimate of drug-likeness (QED) is 0.878. The van der Waals surface area contributed by atoms with Crippen LogP contribution in [0.25, 0.3) is 10.9 Å². The summed E-state index contributed by atoms with van der Waals surface area (Å²) in [6, 6.07) is 8.06. The van der Waals surface area contributed by atoms with Gasteiger partial charge in [0.25, 0.3) is 0 Å². The molecule has 1 saturated heterocycles. The molecule has 1 aromatic heterocycles. The number of likely N-dealkylation sites (tertiary alicyclic amines) is 1. The number of aromatic amines is 1. The Balaban J connectivity index is 1.82. The summed E-state index contributed by atoms with van der Waals surface area (Å²) in [7, 11) is 0. The van der Waals surface area contributed by atoms with Gasteiger partial charge in [-0.05, 0) is 31.4 Å². The van der Waals surface area contributed by atoms with Crippen LogP contribution in [0.4, 0.5) is 0 Å². The van der Waals surface area contributed by atoms with Gasteiger partial charge in [0.05, 0.1) is 12.5 Å². The molecule has 1 aromatic carbocycles. The van der Waals surface area contributed by atoms with E-state index in [4.69, 9.17) is 0 Å². The summed E-state index contributed by atoms with van der Waals surface area (Å²) < 4.78 is 0. The number of amides is 1. The number of aliphatic hydroxyl groups excluding tert-OH is 1. The number of nitrogens with one attached hydrogen (secondary N) is 1. The van der Waals surface area contributed by atoms with E-state index in [0.29, 0.717) is 13.0 Å². The van der Waals surface area contributed by atoms with Crippen LogP contribution < -0.4 is 0 Å². The van der Waals surface area contributed by atoms with E-state index in [2.05, 4.69) is 4.98 Å². The van der Waals surface area contributed by atoms with Crippen molar-refractivity contribution in [3.63, 3.8) is 0 Å². The molecular weight excluding hydrogens is 252 g/mol. The number of benzene rings is 1. The summed E-state index contributed by atoms with van der Waals surface area (Å²) >= 11 is 0. The van der Waals surface area contributed by atoms with E-state index < -0.39 is 0 Å². The van der Waals surface area contributed by atoms with Gasteiger partial charge in [-0.15, -0.1) is 0 Å². The van der Waals surface area contributed by atoms with Gasteiger partial charge in [-0.3, -0.25) is 4.79 Å². The van der Waals surface area contributed by atoms with Gasteiger partial charge in [0.15, 0.2) is 0 Å². The fourth-order valence-corrected chi connectivity index (χ4v) is 3.01. The molecule has 1 atom stereocenters. The van der Waals surface area contributed by atoms with E-state index in [1.54, 1.807) is 4.90 Å². The van der Waals surface area contributed by atoms with E-state index in [9.17, 15) is 9.90 Å². The average molecular weight is 272 g/mol.